The van der Waals surface area contributed by atoms with E-state index in [9.17, 15) is 19.2 Å². The number of carbonyl (C=O) groups is 3. The number of rotatable bonds is 8. The smallest absolute Gasteiger partial charge is 0.343 e. The van der Waals surface area contributed by atoms with Crippen LogP contribution in [0.4, 0.5) is 4.39 Å². The van der Waals surface area contributed by atoms with E-state index in [4.69, 9.17) is 25.8 Å². The number of hydrogen-bond acceptors (Lipinski definition) is 7. The van der Waals surface area contributed by atoms with Crippen LogP contribution in [0, 0.1) is 5.82 Å². The summed E-state index contributed by atoms with van der Waals surface area (Å²) in [6.07, 6.45) is 2.67. The van der Waals surface area contributed by atoms with E-state index >= 15 is 4.39 Å². The lowest BCUT2D eigenvalue weighted by Crippen LogP contribution is -2.28. The van der Waals surface area contributed by atoms with Crippen molar-refractivity contribution >= 4 is 40.4 Å². The Balaban J connectivity index is 2.32. The predicted octanol–water partition coefficient (Wildman–Crippen LogP) is 3.52. The summed E-state index contributed by atoms with van der Waals surface area (Å²) in [7, 11) is 0. The fourth-order valence-electron chi connectivity index (χ4n) is 3.50. The first-order valence-corrected chi connectivity index (χ1v) is 10.7. The predicted molar refractivity (Wildman–Crippen MR) is 113 cm³/mol. The Bertz CT molecular complexity index is 1120. The average molecular weight is 468 g/mol. The normalized spacial score (nSPS) is 13.3. The molecule has 0 atom stereocenters. The van der Waals surface area contributed by atoms with Gasteiger partial charge in [0, 0.05) is 22.8 Å². The molecule has 0 radical (unpaired) electrons. The Hall–Kier alpha value is -2.94. The molecule has 1 fully saturated rings. The molecule has 3 rings (SSSR count). The van der Waals surface area contributed by atoms with Crippen LogP contribution in [0.2, 0.25) is 5.02 Å². The summed E-state index contributed by atoms with van der Waals surface area (Å²) in [6.45, 7) is 4.66. The molecule has 32 heavy (non-hydrogen) atoms. The van der Waals surface area contributed by atoms with E-state index in [-0.39, 0.29) is 47.4 Å². The molecule has 0 amide bonds. The number of halogens is 2. The van der Waals surface area contributed by atoms with Crippen LogP contribution in [0.1, 0.15) is 61.5 Å². The summed E-state index contributed by atoms with van der Waals surface area (Å²) in [5.41, 5.74) is -1.59. The summed E-state index contributed by atoms with van der Waals surface area (Å²) in [5, 5.41) is -0.485. The Morgan fingerprint density at radius 1 is 1.09 bits per heavy atom. The third kappa shape index (κ3) is 4.34. The highest BCUT2D eigenvalue weighted by Crippen LogP contribution is 2.40. The molecular weight excluding hydrogens is 445 g/mol. The molecule has 1 aromatic heterocycles. The van der Waals surface area contributed by atoms with E-state index < -0.39 is 40.6 Å². The van der Waals surface area contributed by atoms with E-state index in [1.54, 1.807) is 20.8 Å². The zero-order valence-electron chi connectivity index (χ0n) is 17.9. The molecular formula is C22H23ClFNO7. The van der Waals surface area contributed by atoms with Crippen molar-refractivity contribution in [3.8, 4) is 0 Å². The third-order valence-corrected chi connectivity index (χ3v) is 5.33. The van der Waals surface area contributed by atoms with Gasteiger partial charge in [0.25, 0.3) is 0 Å². The fourth-order valence-corrected chi connectivity index (χ4v) is 3.80. The first-order valence-electron chi connectivity index (χ1n) is 10.3. The first kappa shape index (κ1) is 23.7. The van der Waals surface area contributed by atoms with Gasteiger partial charge >= 0.3 is 17.9 Å². The largest absolute Gasteiger partial charge is 0.465 e. The third-order valence-electron chi connectivity index (χ3n) is 5.01. The van der Waals surface area contributed by atoms with E-state index in [1.165, 1.54) is 10.8 Å². The summed E-state index contributed by atoms with van der Waals surface area (Å²) in [4.78, 5) is 50.3. The molecule has 0 N–H and O–H groups in total. The zero-order valence-corrected chi connectivity index (χ0v) is 18.7. The first-order chi connectivity index (χ1) is 15.3. The fraction of sp³-hybridized carbons (Fsp3) is 0.455. The molecule has 1 aliphatic rings. The van der Waals surface area contributed by atoms with Crippen molar-refractivity contribution in [3.63, 3.8) is 0 Å². The maximum Gasteiger partial charge on any atom is 0.343 e. The van der Waals surface area contributed by atoms with Crippen LogP contribution >= 0.6 is 11.6 Å². The van der Waals surface area contributed by atoms with Crippen molar-refractivity contribution in [2.24, 2.45) is 0 Å². The van der Waals surface area contributed by atoms with Crippen LogP contribution in [0.3, 0.4) is 0 Å². The van der Waals surface area contributed by atoms with Crippen molar-refractivity contribution in [3.05, 3.63) is 44.5 Å². The monoisotopic (exact) mass is 467 g/mol. The quantitative estimate of drug-likeness (QED) is 0.332. The van der Waals surface area contributed by atoms with Gasteiger partial charge in [-0.1, -0.05) is 11.6 Å². The van der Waals surface area contributed by atoms with Gasteiger partial charge < -0.3 is 18.8 Å². The minimum atomic E-state index is -1.76. The maximum atomic E-state index is 15.9. The standard InChI is InChI=1S/C22H23ClFNO7/c1-4-30-20(27)13-10-25(11-7-8-11)18-12(19(13)26)9-14(23)15(17(18)24)16(21(28)31-5-2)22(29)32-6-3/h9-11,16H,4-8H2,1-3H3. The van der Waals surface area contributed by atoms with Gasteiger partial charge in [-0.05, 0) is 39.7 Å². The molecule has 1 saturated carbocycles. The van der Waals surface area contributed by atoms with Crippen molar-refractivity contribution < 1.29 is 33.0 Å². The number of ether oxygens (including phenoxy) is 3. The van der Waals surface area contributed by atoms with Crippen molar-refractivity contribution in [2.45, 2.75) is 45.6 Å². The molecule has 0 bridgehead atoms. The zero-order chi connectivity index (χ0) is 23.6. The summed E-state index contributed by atoms with van der Waals surface area (Å²) in [5.74, 6) is -5.65. The van der Waals surface area contributed by atoms with Gasteiger partial charge in [-0.2, -0.15) is 0 Å². The Morgan fingerprint density at radius 2 is 1.66 bits per heavy atom. The molecule has 8 nitrogen and oxygen atoms in total. The van der Waals surface area contributed by atoms with Crippen molar-refractivity contribution in [1.29, 1.82) is 0 Å². The second-order valence-electron chi connectivity index (χ2n) is 7.15. The molecule has 10 heteroatoms. The number of esters is 3. The second kappa shape index (κ2) is 9.68. The minimum absolute atomic E-state index is 0.0444. The Morgan fingerprint density at radius 3 is 2.16 bits per heavy atom. The van der Waals surface area contributed by atoms with Crippen molar-refractivity contribution in [1.82, 2.24) is 4.57 Å². The lowest BCUT2D eigenvalue weighted by molar-refractivity contribution is -0.157. The van der Waals surface area contributed by atoms with Crippen LogP contribution in [-0.2, 0) is 23.8 Å². The summed E-state index contributed by atoms with van der Waals surface area (Å²) in [6, 6.07) is 1.00. The lowest BCUT2D eigenvalue weighted by atomic mass is 9.96. The average Bonchev–Trinajstić information content (AvgIpc) is 3.57. The number of benzene rings is 1. The number of pyridine rings is 1. The second-order valence-corrected chi connectivity index (χ2v) is 7.56. The van der Waals surface area contributed by atoms with Gasteiger partial charge in [0.15, 0.2) is 11.7 Å². The van der Waals surface area contributed by atoms with Crippen LogP contribution in [0.25, 0.3) is 10.9 Å². The molecule has 0 saturated heterocycles. The maximum absolute atomic E-state index is 15.9. The van der Waals surface area contributed by atoms with Gasteiger partial charge in [0.1, 0.15) is 5.56 Å². The van der Waals surface area contributed by atoms with Gasteiger partial charge in [-0.3, -0.25) is 14.4 Å². The van der Waals surface area contributed by atoms with Gasteiger partial charge in [0.2, 0.25) is 5.43 Å². The highest BCUT2D eigenvalue weighted by molar-refractivity contribution is 6.33. The Labute approximate surface area is 188 Å². The molecule has 0 aliphatic heterocycles. The molecule has 1 heterocycles. The number of hydrogen-bond donors (Lipinski definition) is 0. The highest BCUT2D eigenvalue weighted by Gasteiger charge is 2.38. The molecule has 1 aliphatic carbocycles. The van der Waals surface area contributed by atoms with Crippen LogP contribution in [-0.4, -0.2) is 42.3 Å². The number of fused-ring (bicyclic) bond motifs is 1. The molecule has 0 spiro atoms. The minimum Gasteiger partial charge on any atom is -0.465 e. The molecule has 1 aromatic carbocycles. The van der Waals surface area contributed by atoms with E-state index in [1.807, 2.05) is 0 Å². The van der Waals surface area contributed by atoms with Crippen LogP contribution < -0.4 is 5.43 Å². The van der Waals surface area contributed by atoms with Gasteiger partial charge in [-0.15, -0.1) is 0 Å². The van der Waals surface area contributed by atoms with E-state index in [2.05, 4.69) is 0 Å². The molecule has 172 valence electrons. The number of nitrogens with zero attached hydrogens (tertiary/aromatic N) is 1. The van der Waals surface area contributed by atoms with Gasteiger partial charge in [0.05, 0.1) is 30.7 Å². The van der Waals surface area contributed by atoms with E-state index in [0.717, 1.165) is 6.07 Å². The SMILES string of the molecule is CCOC(=O)c1cn(C2CC2)c2c(F)c(C(C(=O)OCC)C(=O)OCC)c(Cl)cc2c1=O. The molecule has 0 unspecified atom stereocenters. The molecule has 2 aromatic rings. The van der Waals surface area contributed by atoms with Crippen LogP contribution in [0.15, 0.2) is 17.1 Å². The lowest BCUT2D eigenvalue weighted by Gasteiger charge is -2.20. The summed E-state index contributed by atoms with van der Waals surface area (Å²) < 4.78 is 32.2. The topological polar surface area (TPSA) is 101 Å². The Kier molecular flexibility index (Phi) is 7.18. The number of aromatic nitrogens is 1. The summed E-state index contributed by atoms with van der Waals surface area (Å²) >= 11 is 6.28. The van der Waals surface area contributed by atoms with E-state index in [0.29, 0.717) is 12.8 Å². The van der Waals surface area contributed by atoms with Gasteiger partial charge in [-0.25, -0.2) is 9.18 Å². The number of carbonyl (C=O) groups excluding carboxylic acids is 3. The van der Waals surface area contributed by atoms with Crippen molar-refractivity contribution in [2.75, 3.05) is 19.8 Å². The van der Waals surface area contributed by atoms with Crippen LogP contribution in [0.5, 0.6) is 0 Å². The highest BCUT2D eigenvalue weighted by atomic mass is 35.5.